The van der Waals surface area contributed by atoms with Crippen LogP contribution in [0.5, 0.6) is 0 Å². The molecule has 8 aromatic rings. The van der Waals surface area contributed by atoms with E-state index in [0.29, 0.717) is 17.5 Å². The van der Waals surface area contributed by atoms with Gasteiger partial charge in [-0.15, -0.1) is 0 Å². The molecule has 4 heteroatoms. The predicted molar refractivity (Wildman–Crippen MR) is 196 cm³/mol. The van der Waals surface area contributed by atoms with E-state index < -0.39 is 0 Å². The monoisotopic (exact) mass is 612 g/mol. The van der Waals surface area contributed by atoms with Crippen molar-refractivity contribution in [3.63, 3.8) is 0 Å². The molecular formula is C44H28N4. The molecule has 0 saturated carbocycles. The molecule has 6 aromatic carbocycles. The smallest absolute Gasteiger partial charge is 0.164 e. The van der Waals surface area contributed by atoms with Gasteiger partial charge in [-0.05, 0) is 59.0 Å². The summed E-state index contributed by atoms with van der Waals surface area (Å²) in [5.41, 5.74) is 8.07. The third-order valence-electron chi connectivity index (χ3n) is 9.05. The zero-order valence-electron chi connectivity index (χ0n) is 26.1. The van der Waals surface area contributed by atoms with E-state index in [9.17, 15) is 0 Å². The van der Waals surface area contributed by atoms with Crippen LogP contribution in [-0.4, -0.2) is 19.9 Å². The first kappa shape index (κ1) is 27.8. The lowest BCUT2D eigenvalue weighted by molar-refractivity contribution is 0.978. The lowest BCUT2D eigenvalue weighted by Gasteiger charge is -2.15. The maximum Gasteiger partial charge on any atom is 0.164 e. The number of hydrogen-bond acceptors (Lipinski definition) is 4. The molecule has 0 aliphatic heterocycles. The van der Waals surface area contributed by atoms with Crippen molar-refractivity contribution in [2.45, 2.75) is 12.8 Å². The average Bonchev–Trinajstić information content (AvgIpc) is 3.18. The van der Waals surface area contributed by atoms with Crippen LogP contribution in [0.2, 0.25) is 0 Å². The molecule has 0 saturated heterocycles. The minimum atomic E-state index is 0.634. The minimum absolute atomic E-state index is 0.634. The third-order valence-corrected chi connectivity index (χ3v) is 9.05. The zero-order valence-corrected chi connectivity index (χ0v) is 26.1. The summed E-state index contributed by atoms with van der Waals surface area (Å²) in [4.78, 5) is 20.3. The first-order valence-electron chi connectivity index (χ1n) is 16.2. The summed E-state index contributed by atoms with van der Waals surface area (Å²) in [5.74, 6) is 2.00. The van der Waals surface area contributed by atoms with Crippen molar-refractivity contribution in [3.8, 4) is 45.2 Å². The van der Waals surface area contributed by atoms with Gasteiger partial charge in [-0.25, -0.2) is 19.9 Å². The van der Waals surface area contributed by atoms with Gasteiger partial charge in [0.2, 0.25) is 0 Å². The van der Waals surface area contributed by atoms with Crippen LogP contribution in [0.25, 0.3) is 83.2 Å². The SMILES string of the molecule is c1ccc2ccc(-c3nc(C4=CC=CCC4)nc(-c4ccccc4)n3)c(-c3ccc(-c4nc5ccccc5c5ccccc45)cc3)c2c#1. The molecule has 0 atom stereocenters. The molecule has 0 unspecified atom stereocenters. The second-order valence-corrected chi connectivity index (χ2v) is 12.0. The summed E-state index contributed by atoms with van der Waals surface area (Å²) in [7, 11) is 0. The number of nitrogens with zero attached hydrogens (tertiary/aromatic N) is 4. The van der Waals surface area contributed by atoms with Gasteiger partial charge in [-0.2, -0.15) is 0 Å². The highest BCUT2D eigenvalue weighted by atomic mass is 15.0. The van der Waals surface area contributed by atoms with Crippen molar-refractivity contribution >= 4 is 38.0 Å². The Hall–Kier alpha value is -6.44. The summed E-state index contributed by atoms with van der Waals surface area (Å²) in [6, 6.07) is 50.5. The first-order valence-corrected chi connectivity index (χ1v) is 16.2. The topological polar surface area (TPSA) is 51.6 Å². The van der Waals surface area contributed by atoms with Crippen LogP contribution in [-0.2, 0) is 0 Å². The van der Waals surface area contributed by atoms with E-state index in [1.165, 1.54) is 5.39 Å². The van der Waals surface area contributed by atoms with Crippen LogP contribution in [0.1, 0.15) is 18.7 Å². The molecule has 4 nitrogen and oxygen atoms in total. The molecule has 224 valence electrons. The molecule has 0 fully saturated rings. The van der Waals surface area contributed by atoms with Crippen molar-refractivity contribution in [1.29, 1.82) is 0 Å². The van der Waals surface area contributed by atoms with Crippen molar-refractivity contribution in [2.75, 3.05) is 0 Å². The lowest BCUT2D eigenvalue weighted by Crippen LogP contribution is -2.04. The van der Waals surface area contributed by atoms with Crippen LogP contribution in [0.3, 0.4) is 0 Å². The molecule has 2 aromatic heterocycles. The summed E-state index contributed by atoms with van der Waals surface area (Å²) >= 11 is 0. The molecular weight excluding hydrogens is 585 g/mol. The first-order chi connectivity index (χ1) is 23.8. The Morgan fingerprint density at radius 1 is 0.542 bits per heavy atom. The zero-order chi connectivity index (χ0) is 31.9. The van der Waals surface area contributed by atoms with E-state index in [1.807, 2.05) is 42.5 Å². The molecule has 9 rings (SSSR count). The highest BCUT2D eigenvalue weighted by molar-refractivity contribution is 6.11. The van der Waals surface area contributed by atoms with E-state index in [4.69, 9.17) is 19.9 Å². The fraction of sp³-hybridized carbons (Fsp3) is 0.0455. The van der Waals surface area contributed by atoms with Crippen LogP contribution < -0.4 is 0 Å². The molecule has 1 aliphatic rings. The van der Waals surface area contributed by atoms with Gasteiger partial charge in [-0.3, -0.25) is 0 Å². The number of para-hydroxylation sites is 1. The standard InChI is InChI=1S/C44H28N4/c1-3-14-32(15-4-1)42-46-43(33-16-5-2-6-17-33)48-44(47-42)38-28-27-29-13-7-8-18-34(29)40(38)30-23-25-31(26-24-30)41-37-21-10-9-19-35(37)36-20-11-12-22-39(36)45-41/h1-5,7,9-16,19-28H,6,17H2. The Morgan fingerprint density at radius 3 is 2.10 bits per heavy atom. The molecule has 48 heavy (non-hydrogen) atoms. The minimum Gasteiger partial charge on any atom is -0.247 e. The van der Waals surface area contributed by atoms with Crippen molar-refractivity contribution in [2.24, 2.45) is 0 Å². The lowest BCUT2D eigenvalue weighted by atomic mass is 9.92. The maximum atomic E-state index is 5.14. The van der Waals surface area contributed by atoms with Crippen molar-refractivity contribution in [3.05, 3.63) is 164 Å². The summed E-state index contributed by atoms with van der Waals surface area (Å²) < 4.78 is 0. The Bertz CT molecular complexity index is 2550. The van der Waals surface area contributed by atoms with E-state index in [1.54, 1.807) is 0 Å². The second-order valence-electron chi connectivity index (χ2n) is 12.0. The van der Waals surface area contributed by atoms with Crippen LogP contribution in [0.15, 0.2) is 146 Å². The van der Waals surface area contributed by atoms with E-state index >= 15 is 0 Å². The van der Waals surface area contributed by atoms with Gasteiger partial charge in [0.15, 0.2) is 17.5 Å². The molecule has 2 heterocycles. The largest absolute Gasteiger partial charge is 0.247 e. The number of pyridine rings is 1. The fourth-order valence-electron chi connectivity index (χ4n) is 6.69. The molecule has 0 bridgehead atoms. The number of fused-ring (bicyclic) bond motifs is 4. The molecule has 0 radical (unpaired) electrons. The van der Waals surface area contributed by atoms with E-state index in [-0.39, 0.29) is 0 Å². The van der Waals surface area contributed by atoms with E-state index in [0.717, 1.165) is 79.0 Å². The van der Waals surface area contributed by atoms with Gasteiger partial charge in [0.25, 0.3) is 0 Å². The van der Waals surface area contributed by atoms with Gasteiger partial charge in [0, 0.05) is 38.4 Å². The Balaban J connectivity index is 1.23. The summed E-state index contributed by atoms with van der Waals surface area (Å²) in [6.07, 6.45) is 8.24. The highest BCUT2D eigenvalue weighted by Gasteiger charge is 2.19. The van der Waals surface area contributed by atoms with Gasteiger partial charge >= 0.3 is 0 Å². The van der Waals surface area contributed by atoms with Crippen LogP contribution in [0.4, 0.5) is 0 Å². The van der Waals surface area contributed by atoms with Crippen LogP contribution >= 0.6 is 0 Å². The van der Waals surface area contributed by atoms with Gasteiger partial charge in [0.1, 0.15) is 0 Å². The number of allylic oxidation sites excluding steroid dienone is 4. The number of benzene rings is 5. The quantitative estimate of drug-likeness (QED) is 0.182. The molecule has 1 aliphatic carbocycles. The van der Waals surface area contributed by atoms with E-state index in [2.05, 4.69) is 115 Å². The van der Waals surface area contributed by atoms with Gasteiger partial charge < -0.3 is 0 Å². The van der Waals surface area contributed by atoms with Crippen molar-refractivity contribution < 1.29 is 0 Å². The molecule has 0 amide bonds. The fourth-order valence-corrected chi connectivity index (χ4v) is 6.69. The van der Waals surface area contributed by atoms with Gasteiger partial charge in [0.05, 0.1) is 11.2 Å². The summed E-state index contributed by atoms with van der Waals surface area (Å²) in [5, 5.41) is 5.55. The Kier molecular flexibility index (Phi) is 6.80. The highest BCUT2D eigenvalue weighted by Crippen LogP contribution is 2.39. The molecule has 0 spiro atoms. The normalized spacial score (nSPS) is 12.7. The average molecular weight is 613 g/mol. The number of hydrogen-bond donors (Lipinski definition) is 0. The Labute approximate surface area is 278 Å². The van der Waals surface area contributed by atoms with Crippen LogP contribution in [0, 0.1) is 12.1 Å². The number of rotatable bonds is 5. The van der Waals surface area contributed by atoms with Crippen molar-refractivity contribution in [1.82, 2.24) is 19.9 Å². The second kappa shape index (κ2) is 11.7. The summed E-state index contributed by atoms with van der Waals surface area (Å²) in [6.45, 7) is 0. The number of aromatic nitrogens is 4. The maximum absolute atomic E-state index is 5.14. The predicted octanol–water partition coefficient (Wildman–Crippen LogP) is 10.7. The third kappa shape index (κ3) is 4.90. The molecule has 0 N–H and O–H groups in total. The Morgan fingerprint density at radius 2 is 1.27 bits per heavy atom. The van der Waals surface area contributed by atoms with Gasteiger partial charge in [-0.1, -0.05) is 133 Å².